The number of aromatic nitrogens is 2. The van der Waals surface area contributed by atoms with Crippen molar-refractivity contribution in [3.05, 3.63) is 11.3 Å². The van der Waals surface area contributed by atoms with Crippen molar-refractivity contribution in [2.45, 2.75) is 58.9 Å². The molecule has 1 aromatic heterocycles. The maximum atomic E-state index is 4.37. The van der Waals surface area contributed by atoms with Gasteiger partial charge >= 0.3 is 0 Å². The number of nitrogens with zero attached hydrogens (tertiary/aromatic N) is 1. The molecule has 1 heterocycles. The lowest BCUT2D eigenvalue weighted by atomic mass is 9.87. The predicted molar refractivity (Wildman–Crippen MR) is 67.7 cm³/mol. The summed E-state index contributed by atoms with van der Waals surface area (Å²) in [4.78, 5) is 0. The van der Waals surface area contributed by atoms with Crippen LogP contribution in [0, 0.1) is 12.8 Å². The number of aryl methyl sites for hydroxylation is 1. The molecule has 0 radical (unpaired) electrons. The minimum absolute atomic E-state index is 0.621. The fourth-order valence-corrected chi connectivity index (χ4v) is 2.68. The third kappa shape index (κ3) is 2.39. The van der Waals surface area contributed by atoms with Crippen LogP contribution in [0.1, 0.15) is 50.8 Å². The lowest BCUT2D eigenvalue weighted by molar-refractivity contribution is 0.358. The van der Waals surface area contributed by atoms with Gasteiger partial charge in [-0.2, -0.15) is 5.10 Å². The van der Waals surface area contributed by atoms with Crippen LogP contribution in [0.3, 0.4) is 0 Å². The summed E-state index contributed by atoms with van der Waals surface area (Å²) in [7, 11) is 0. The van der Waals surface area contributed by atoms with Crippen molar-refractivity contribution in [1.82, 2.24) is 10.2 Å². The average Bonchev–Trinajstić information content (AvgIpc) is 2.60. The van der Waals surface area contributed by atoms with Gasteiger partial charge in [-0.25, -0.2) is 0 Å². The quantitative estimate of drug-likeness (QED) is 0.822. The van der Waals surface area contributed by atoms with E-state index in [-0.39, 0.29) is 0 Å². The molecule has 1 aliphatic rings. The zero-order valence-electron chi connectivity index (χ0n) is 10.6. The molecule has 1 fully saturated rings. The van der Waals surface area contributed by atoms with Gasteiger partial charge in [-0.3, -0.25) is 5.10 Å². The van der Waals surface area contributed by atoms with Crippen LogP contribution in [0.25, 0.3) is 0 Å². The Morgan fingerprint density at radius 3 is 2.88 bits per heavy atom. The summed E-state index contributed by atoms with van der Waals surface area (Å²) in [5, 5.41) is 11.1. The summed E-state index contributed by atoms with van der Waals surface area (Å²) in [5.41, 5.74) is 2.55. The lowest BCUT2D eigenvalue weighted by Gasteiger charge is -2.27. The molecule has 1 aliphatic carbocycles. The molecule has 0 spiro atoms. The SMILES string of the molecule is CCc1[nH]nc(NC2CCCC(C)C2)c1C. The Kier molecular flexibility index (Phi) is 3.52. The molecule has 0 aromatic carbocycles. The van der Waals surface area contributed by atoms with E-state index in [0.717, 1.165) is 18.2 Å². The van der Waals surface area contributed by atoms with E-state index in [2.05, 4.69) is 36.3 Å². The van der Waals surface area contributed by atoms with Gasteiger partial charge in [0.05, 0.1) is 0 Å². The first-order valence-corrected chi connectivity index (χ1v) is 6.51. The second-order valence-electron chi connectivity index (χ2n) is 5.14. The molecule has 2 unspecified atom stereocenters. The van der Waals surface area contributed by atoms with E-state index in [9.17, 15) is 0 Å². The molecule has 1 saturated carbocycles. The number of H-pyrrole nitrogens is 1. The summed E-state index contributed by atoms with van der Waals surface area (Å²) in [6, 6.07) is 0.621. The van der Waals surface area contributed by atoms with E-state index in [1.807, 2.05) is 0 Å². The number of anilines is 1. The van der Waals surface area contributed by atoms with Crippen molar-refractivity contribution < 1.29 is 0 Å². The first-order chi connectivity index (χ1) is 7.70. The Hall–Kier alpha value is -0.990. The van der Waals surface area contributed by atoms with Crippen molar-refractivity contribution >= 4 is 5.82 Å². The van der Waals surface area contributed by atoms with Crippen LogP contribution in [0.15, 0.2) is 0 Å². The standard InChI is InChI=1S/C13H23N3/c1-4-12-10(3)13(16-15-12)14-11-7-5-6-9(2)8-11/h9,11H,4-8H2,1-3H3,(H2,14,15,16). The van der Waals surface area contributed by atoms with E-state index in [1.165, 1.54) is 36.9 Å². The molecule has 0 aliphatic heterocycles. The normalized spacial score (nSPS) is 25.7. The van der Waals surface area contributed by atoms with Gasteiger partial charge in [0.15, 0.2) is 5.82 Å². The molecule has 2 atom stereocenters. The van der Waals surface area contributed by atoms with Crippen molar-refractivity contribution in [3.8, 4) is 0 Å². The molecule has 0 amide bonds. The second kappa shape index (κ2) is 4.89. The van der Waals surface area contributed by atoms with Gasteiger partial charge in [0.25, 0.3) is 0 Å². The highest BCUT2D eigenvalue weighted by Crippen LogP contribution is 2.27. The second-order valence-corrected chi connectivity index (χ2v) is 5.14. The van der Waals surface area contributed by atoms with Crippen molar-refractivity contribution in [1.29, 1.82) is 0 Å². The third-order valence-corrected chi connectivity index (χ3v) is 3.74. The highest BCUT2D eigenvalue weighted by Gasteiger charge is 2.20. The average molecular weight is 221 g/mol. The van der Waals surface area contributed by atoms with Gasteiger partial charge in [-0.1, -0.05) is 26.7 Å². The first kappa shape index (κ1) is 11.5. The first-order valence-electron chi connectivity index (χ1n) is 6.51. The molecular weight excluding hydrogens is 198 g/mol. The van der Waals surface area contributed by atoms with Crippen LogP contribution >= 0.6 is 0 Å². The van der Waals surface area contributed by atoms with Crippen molar-refractivity contribution in [3.63, 3.8) is 0 Å². The third-order valence-electron chi connectivity index (χ3n) is 3.74. The summed E-state index contributed by atoms with van der Waals surface area (Å²) in [5.74, 6) is 1.92. The van der Waals surface area contributed by atoms with Crippen LogP contribution in [0.4, 0.5) is 5.82 Å². The smallest absolute Gasteiger partial charge is 0.151 e. The highest BCUT2D eigenvalue weighted by molar-refractivity contribution is 5.46. The number of aromatic amines is 1. The van der Waals surface area contributed by atoms with Crippen molar-refractivity contribution in [2.75, 3.05) is 5.32 Å². The zero-order chi connectivity index (χ0) is 11.5. The molecule has 0 saturated heterocycles. The Balaban J connectivity index is 2.00. The van der Waals surface area contributed by atoms with E-state index in [0.29, 0.717) is 6.04 Å². The van der Waals surface area contributed by atoms with Crippen LogP contribution < -0.4 is 5.32 Å². The maximum Gasteiger partial charge on any atom is 0.151 e. The van der Waals surface area contributed by atoms with Crippen LogP contribution in [0.5, 0.6) is 0 Å². The zero-order valence-corrected chi connectivity index (χ0v) is 10.6. The van der Waals surface area contributed by atoms with E-state index in [4.69, 9.17) is 0 Å². The van der Waals surface area contributed by atoms with Crippen LogP contribution in [-0.4, -0.2) is 16.2 Å². The summed E-state index contributed by atoms with van der Waals surface area (Å²) in [6.07, 6.45) is 6.34. The topological polar surface area (TPSA) is 40.7 Å². The monoisotopic (exact) mass is 221 g/mol. The minimum Gasteiger partial charge on any atom is -0.366 e. The van der Waals surface area contributed by atoms with Gasteiger partial charge in [0.1, 0.15) is 0 Å². The van der Waals surface area contributed by atoms with Gasteiger partial charge in [-0.05, 0) is 32.1 Å². The molecule has 16 heavy (non-hydrogen) atoms. The maximum absolute atomic E-state index is 4.37. The minimum atomic E-state index is 0.621. The number of nitrogens with one attached hydrogen (secondary N) is 2. The highest BCUT2D eigenvalue weighted by atomic mass is 15.2. The van der Waals surface area contributed by atoms with Crippen LogP contribution in [-0.2, 0) is 6.42 Å². The number of rotatable bonds is 3. The molecule has 90 valence electrons. The van der Waals surface area contributed by atoms with Gasteiger partial charge in [0, 0.05) is 17.3 Å². The molecule has 3 heteroatoms. The number of hydrogen-bond donors (Lipinski definition) is 2. The Morgan fingerprint density at radius 2 is 2.25 bits per heavy atom. The number of hydrogen-bond acceptors (Lipinski definition) is 2. The summed E-state index contributed by atoms with van der Waals surface area (Å²) in [6.45, 7) is 6.66. The molecule has 3 nitrogen and oxygen atoms in total. The van der Waals surface area contributed by atoms with Crippen LogP contribution in [0.2, 0.25) is 0 Å². The van der Waals surface area contributed by atoms with E-state index < -0.39 is 0 Å². The summed E-state index contributed by atoms with van der Waals surface area (Å²) >= 11 is 0. The summed E-state index contributed by atoms with van der Waals surface area (Å²) < 4.78 is 0. The van der Waals surface area contributed by atoms with E-state index in [1.54, 1.807) is 0 Å². The Morgan fingerprint density at radius 1 is 1.44 bits per heavy atom. The Labute approximate surface area is 98.0 Å². The van der Waals surface area contributed by atoms with Gasteiger partial charge in [-0.15, -0.1) is 0 Å². The molecule has 0 bridgehead atoms. The molecular formula is C13H23N3. The molecule has 2 N–H and O–H groups in total. The Bertz CT molecular complexity index is 343. The fraction of sp³-hybridized carbons (Fsp3) is 0.769. The van der Waals surface area contributed by atoms with Gasteiger partial charge < -0.3 is 5.32 Å². The molecule has 1 aromatic rings. The lowest BCUT2D eigenvalue weighted by Crippen LogP contribution is -2.26. The molecule has 2 rings (SSSR count). The fourth-order valence-electron chi connectivity index (χ4n) is 2.68. The largest absolute Gasteiger partial charge is 0.366 e. The van der Waals surface area contributed by atoms with E-state index >= 15 is 0 Å². The van der Waals surface area contributed by atoms with Gasteiger partial charge in [0.2, 0.25) is 0 Å². The predicted octanol–water partition coefficient (Wildman–Crippen LogP) is 3.27. The van der Waals surface area contributed by atoms with Crippen molar-refractivity contribution in [2.24, 2.45) is 5.92 Å².